The zero-order chi connectivity index (χ0) is 21.5. The van der Waals surface area contributed by atoms with Gasteiger partial charge in [0.1, 0.15) is 0 Å². The van der Waals surface area contributed by atoms with Crippen LogP contribution in [-0.4, -0.2) is 53.9 Å². The lowest BCUT2D eigenvalue weighted by atomic mass is 10.0. The quantitative estimate of drug-likeness (QED) is 0.137. The average Bonchev–Trinajstić information content (AvgIpc) is 3.32. The molecule has 6 heteroatoms. The van der Waals surface area contributed by atoms with Gasteiger partial charge in [0.15, 0.2) is 5.85 Å². The van der Waals surface area contributed by atoms with Crippen molar-refractivity contribution in [2.75, 3.05) is 27.7 Å². The molecule has 0 saturated carbocycles. The largest absolute Gasteiger partial charge is 0.356 e. The van der Waals surface area contributed by atoms with Crippen molar-refractivity contribution in [1.82, 2.24) is 0 Å². The summed E-state index contributed by atoms with van der Waals surface area (Å²) in [6.45, 7) is 5.25. The van der Waals surface area contributed by atoms with Crippen LogP contribution in [0, 0.1) is 0 Å². The number of rotatable bonds is 16. The third kappa shape index (κ3) is 19.4. The van der Waals surface area contributed by atoms with Gasteiger partial charge in [-0.25, -0.2) is 0 Å². The van der Waals surface area contributed by atoms with Gasteiger partial charge in [-0.15, -0.1) is 0 Å². The predicted octanol–water partition coefficient (Wildman–Crippen LogP) is 6.08. The van der Waals surface area contributed by atoms with Crippen LogP contribution in [0.3, 0.4) is 0 Å². The minimum atomic E-state index is -3.90. The fraction of sp³-hybridized carbons (Fsp3) is 1.00. The number of nitrogens with zero attached hydrogens (tertiary/aromatic N) is 1. The topological polar surface area (TPSA) is 70.1 Å². The average molecular weight is 423 g/mol. The highest BCUT2D eigenvalue weighted by Crippen LogP contribution is 2.52. The van der Waals surface area contributed by atoms with Crippen molar-refractivity contribution < 1.29 is 23.6 Å². The van der Waals surface area contributed by atoms with Crippen LogP contribution in [0.5, 0.6) is 0 Å². The molecule has 1 aliphatic heterocycles. The SMILES string of the molecule is CCCCCCCCCCCCCCCC[N+](C)(C)C.C[C@@H]1O[C@@H]1P(=O)(O)O. The Labute approximate surface area is 175 Å². The van der Waals surface area contributed by atoms with E-state index in [1.807, 2.05) is 0 Å². The van der Waals surface area contributed by atoms with Crippen molar-refractivity contribution in [3.8, 4) is 0 Å². The minimum absolute atomic E-state index is 0.254. The second kappa shape index (κ2) is 15.8. The van der Waals surface area contributed by atoms with Crippen LogP contribution in [0.25, 0.3) is 0 Å². The minimum Gasteiger partial charge on any atom is -0.356 e. The normalized spacial score (nSPS) is 19.2. The molecule has 5 nitrogen and oxygen atoms in total. The van der Waals surface area contributed by atoms with E-state index in [4.69, 9.17) is 9.79 Å². The van der Waals surface area contributed by atoms with Gasteiger partial charge in [0.05, 0.1) is 33.8 Å². The van der Waals surface area contributed by atoms with Crippen molar-refractivity contribution in [3.63, 3.8) is 0 Å². The smallest absolute Gasteiger partial charge is 0.356 e. The summed E-state index contributed by atoms with van der Waals surface area (Å²) >= 11 is 0. The van der Waals surface area contributed by atoms with Crippen LogP contribution in [0.4, 0.5) is 0 Å². The zero-order valence-corrected chi connectivity index (χ0v) is 20.3. The summed E-state index contributed by atoms with van der Waals surface area (Å²) in [5.41, 5.74) is 0. The van der Waals surface area contributed by atoms with Gasteiger partial charge >= 0.3 is 7.60 Å². The highest BCUT2D eigenvalue weighted by Gasteiger charge is 2.48. The van der Waals surface area contributed by atoms with E-state index in [2.05, 4.69) is 32.8 Å². The maximum absolute atomic E-state index is 10.2. The molecular weight excluding hydrogens is 373 g/mol. The Hall–Kier alpha value is 0.0700. The van der Waals surface area contributed by atoms with Crippen LogP contribution >= 0.6 is 7.60 Å². The molecule has 0 aromatic carbocycles. The first kappa shape index (κ1) is 28.1. The van der Waals surface area contributed by atoms with Crippen LogP contribution in [-0.2, 0) is 9.30 Å². The lowest BCUT2D eigenvalue weighted by molar-refractivity contribution is -0.870. The van der Waals surface area contributed by atoms with E-state index in [1.165, 1.54) is 96.4 Å². The summed E-state index contributed by atoms with van der Waals surface area (Å²) in [4.78, 5) is 16.6. The monoisotopic (exact) mass is 422 g/mol. The van der Waals surface area contributed by atoms with Crippen molar-refractivity contribution in [2.45, 2.75) is 116 Å². The highest BCUT2D eigenvalue weighted by molar-refractivity contribution is 7.52. The highest BCUT2D eigenvalue weighted by atomic mass is 31.2. The summed E-state index contributed by atoms with van der Waals surface area (Å²) in [6, 6.07) is 0. The molecule has 170 valence electrons. The molecule has 0 amide bonds. The van der Waals surface area contributed by atoms with E-state index in [0.29, 0.717) is 0 Å². The summed E-state index contributed by atoms with van der Waals surface area (Å²) in [5, 5.41) is 0. The molecule has 1 rings (SSSR count). The van der Waals surface area contributed by atoms with Crippen LogP contribution in [0.15, 0.2) is 0 Å². The fourth-order valence-corrected chi connectivity index (χ4v) is 4.21. The van der Waals surface area contributed by atoms with E-state index in [0.717, 1.165) is 4.48 Å². The Balaban J connectivity index is 0.000000749. The molecular formula is C22H49NO4P+. The van der Waals surface area contributed by atoms with Crippen molar-refractivity contribution in [1.29, 1.82) is 0 Å². The molecule has 0 aromatic heterocycles. The molecule has 2 N–H and O–H groups in total. The van der Waals surface area contributed by atoms with E-state index in [1.54, 1.807) is 6.92 Å². The third-order valence-electron chi connectivity index (χ3n) is 5.19. The van der Waals surface area contributed by atoms with Crippen molar-refractivity contribution >= 4 is 7.60 Å². The Kier molecular flexibility index (Phi) is 15.9. The number of hydrogen-bond donors (Lipinski definition) is 2. The molecule has 0 bridgehead atoms. The first-order valence-corrected chi connectivity index (χ1v) is 13.3. The molecule has 0 spiro atoms. The van der Waals surface area contributed by atoms with Crippen LogP contribution in [0.1, 0.15) is 104 Å². The van der Waals surface area contributed by atoms with Gasteiger partial charge in [-0.05, 0) is 19.8 Å². The number of unbranched alkanes of at least 4 members (excludes halogenated alkanes) is 13. The molecule has 28 heavy (non-hydrogen) atoms. The van der Waals surface area contributed by atoms with Gasteiger partial charge in [-0.3, -0.25) is 4.57 Å². The van der Waals surface area contributed by atoms with E-state index < -0.39 is 13.4 Å². The second-order valence-electron chi connectivity index (χ2n) is 9.43. The maximum Gasteiger partial charge on any atom is 0.356 e. The standard InChI is InChI=1S/C19H42N.C3H7O4P/c1-5-6-7-8-9-10-11-12-13-14-15-16-17-18-19-20(2,3)4;1-2-3(7-2)8(4,5)6/h5-19H2,1-4H3;2-3H,1H3,(H2,4,5,6)/q+1;/t;2-,3+/m.0/s1. The third-order valence-corrected chi connectivity index (χ3v) is 6.40. The number of hydrogen-bond acceptors (Lipinski definition) is 2. The van der Waals surface area contributed by atoms with E-state index in [9.17, 15) is 4.57 Å². The summed E-state index contributed by atoms with van der Waals surface area (Å²) < 4.78 is 15.8. The number of epoxide rings is 1. The molecule has 0 radical (unpaired) electrons. The second-order valence-corrected chi connectivity index (χ2v) is 11.1. The molecule has 0 unspecified atom stereocenters. The summed E-state index contributed by atoms with van der Waals surface area (Å²) in [6.07, 6.45) is 20.1. The number of ether oxygens (including phenoxy) is 1. The first-order valence-electron chi connectivity index (χ1n) is 11.6. The van der Waals surface area contributed by atoms with Crippen LogP contribution in [0.2, 0.25) is 0 Å². The van der Waals surface area contributed by atoms with Gasteiger partial charge in [0.25, 0.3) is 0 Å². The van der Waals surface area contributed by atoms with Gasteiger partial charge < -0.3 is 19.0 Å². The van der Waals surface area contributed by atoms with Crippen molar-refractivity contribution in [3.05, 3.63) is 0 Å². The first-order chi connectivity index (χ1) is 13.1. The Bertz CT molecular complexity index is 406. The molecule has 1 saturated heterocycles. The van der Waals surface area contributed by atoms with Gasteiger partial charge in [-0.1, -0.05) is 84.0 Å². The molecule has 1 fully saturated rings. The Morgan fingerprint density at radius 3 is 1.29 bits per heavy atom. The Morgan fingerprint density at radius 2 is 1.07 bits per heavy atom. The van der Waals surface area contributed by atoms with E-state index >= 15 is 0 Å². The van der Waals surface area contributed by atoms with Crippen molar-refractivity contribution in [2.24, 2.45) is 0 Å². The number of quaternary nitrogens is 1. The fourth-order valence-electron chi connectivity index (χ4n) is 3.31. The zero-order valence-electron chi connectivity index (χ0n) is 19.4. The lowest BCUT2D eigenvalue weighted by Crippen LogP contribution is -2.35. The van der Waals surface area contributed by atoms with Gasteiger partial charge in [0, 0.05) is 0 Å². The maximum atomic E-state index is 10.2. The molecule has 0 aliphatic carbocycles. The Morgan fingerprint density at radius 1 is 0.750 bits per heavy atom. The lowest BCUT2D eigenvalue weighted by Gasteiger charge is -2.23. The van der Waals surface area contributed by atoms with Crippen LogP contribution < -0.4 is 0 Å². The van der Waals surface area contributed by atoms with Gasteiger partial charge in [-0.2, -0.15) is 0 Å². The van der Waals surface area contributed by atoms with Gasteiger partial charge in [0.2, 0.25) is 0 Å². The molecule has 2 atom stereocenters. The van der Waals surface area contributed by atoms with E-state index in [-0.39, 0.29) is 6.10 Å². The molecule has 0 aromatic rings. The summed E-state index contributed by atoms with van der Waals surface area (Å²) in [5.74, 6) is -0.817. The predicted molar refractivity (Wildman–Crippen MR) is 120 cm³/mol. The molecule has 1 aliphatic rings. The summed E-state index contributed by atoms with van der Waals surface area (Å²) in [7, 11) is 2.98. The molecule has 1 heterocycles.